The molecule has 0 saturated heterocycles. The lowest BCUT2D eigenvalue weighted by atomic mass is 10.1. The molecule has 1 saturated carbocycles. The molecule has 0 bridgehead atoms. The maximum atomic E-state index is 6.32. The molecule has 0 radical (unpaired) electrons. The smallest absolute Gasteiger partial charge is 0.0642 e. The predicted molar refractivity (Wildman–Crippen MR) is 74.8 cm³/mol. The summed E-state index contributed by atoms with van der Waals surface area (Å²) in [5, 5.41) is 0.840. The SMILES string of the molecule is CC1CC1CN(C)c1ccc(CCN)cc1Cl. The highest BCUT2D eigenvalue weighted by Crippen LogP contribution is 2.39. The van der Waals surface area contributed by atoms with Crippen LogP contribution < -0.4 is 10.6 Å². The summed E-state index contributed by atoms with van der Waals surface area (Å²) in [4.78, 5) is 2.27. The number of nitrogens with zero attached hydrogens (tertiary/aromatic N) is 1. The molecule has 0 amide bonds. The van der Waals surface area contributed by atoms with Crippen LogP contribution in [0.3, 0.4) is 0 Å². The summed E-state index contributed by atoms with van der Waals surface area (Å²) in [6, 6.07) is 6.28. The van der Waals surface area contributed by atoms with Crippen LogP contribution in [0.25, 0.3) is 0 Å². The molecule has 0 heterocycles. The summed E-state index contributed by atoms with van der Waals surface area (Å²) in [5.74, 6) is 1.73. The van der Waals surface area contributed by atoms with Gasteiger partial charge in [-0.2, -0.15) is 0 Å². The monoisotopic (exact) mass is 252 g/mol. The molecule has 0 aromatic heterocycles. The molecular formula is C14H21ClN2. The summed E-state index contributed by atoms with van der Waals surface area (Å²) in [5.41, 5.74) is 7.89. The fraction of sp³-hybridized carbons (Fsp3) is 0.571. The molecule has 2 atom stereocenters. The number of halogens is 1. The Hall–Kier alpha value is -0.730. The van der Waals surface area contributed by atoms with Gasteiger partial charge in [0.2, 0.25) is 0 Å². The van der Waals surface area contributed by atoms with E-state index in [1.165, 1.54) is 12.0 Å². The lowest BCUT2D eigenvalue weighted by Crippen LogP contribution is -2.20. The fourth-order valence-corrected chi connectivity index (χ4v) is 2.63. The van der Waals surface area contributed by atoms with E-state index in [0.717, 1.165) is 35.5 Å². The second-order valence-electron chi connectivity index (χ2n) is 5.18. The number of hydrogen-bond acceptors (Lipinski definition) is 2. The van der Waals surface area contributed by atoms with Gasteiger partial charge in [0.05, 0.1) is 10.7 Å². The second kappa shape index (κ2) is 5.28. The largest absolute Gasteiger partial charge is 0.373 e. The zero-order chi connectivity index (χ0) is 12.4. The quantitative estimate of drug-likeness (QED) is 0.873. The zero-order valence-corrected chi connectivity index (χ0v) is 11.4. The Morgan fingerprint density at radius 1 is 1.47 bits per heavy atom. The molecule has 1 aromatic carbocycles. The van der Waals surface area contributed by atoms with Gasteiger partial charge in [-0.05, 0) is 48.9 Å². The molecule has 2 N–H and O–H groups in total. The van der Waals surface area contributed by atoms with E-state index in [1.807, 2.05) is 6.07 Å². The Balaban J connectivity index is 2.04. The number of hydrogen-bond donors (Lipinski definition) is 1. The highest BCUT2D eigenvalue weighted by Gasteiger charge is 2.33. The third-order valence-corrected chi connectivity index (χ3v) is 3.94. The first-order valence-electron chi connectivity index (χ1n) is 6.31. The van der Waals surface area contributed by atoms with E-state index < -0.39 is 0 Å². The Morgan fingerprint density at radius 3 is 2.71 bits per heavy atom. The lowest BCUT2D eigenvalue weighted by Gasteiger charge is -2.21. The Bertz CT molecular complexity index is 392. The van der Waals surface area contributed by atoms with Gasteiger partial charge in [0.15, 0.2) is 0 Å². The highest BCUT2D eigenvalue weighted by atomic mass is 35.5. The van der Waals surface area contributed by atoms with E-state index in [4.69, 9.17) is 17.3 Å². The third kappa shape index (κ3) is 3.14. The van der Waals surface area contributed by atoms with Crippen molar-refractivity contribution in [3.05, 3.63) is 28.8 Å². The van der Waals surface area contributed by atoms with Gasteiger partial charge in [-0.1, -0.05) is 24.6 Å². The van der Waals surface area contributed by atoms with Crippen molar-refractivity contribution < 1.29 is 0 Å². The van der Waals surface area contributed by atoms with Gasteiger partial charge in [-0.15, -0.1) is 0 Å². The molecule has 17 heavy (non-hydrogen) atoms. The Labute approximate surface area is 109 Å². The van der Waals surface area contributed by atoms with Crippen LogP contribution >= 0.6 is 11.6 Å². The van der Waals surface area contributed by atoms with E-state index in [-0.39, 0.29) is 0 Å². The molecule has 1 aliphatic rings. The van der Waals surface area contributed by atoms with Gasteiger partial charge in [0.1, 0.15) is 0 Å². The molecule has 2 rings (SSSR count). The summed E-state index contributed by atoms with van der Waals surface area (Å²) in [6.07, 6.45) is 2.25. The van der Waals surface area contributed by atoms with Crippen molar-refractivity contribution in [2.24, 2.45) is 17.6 Å². The maximum Gasteiger partial charge on any atom is 0.0642 e. The Kier molecular flexibility index (Phi) is 3.95. The van der Waals surface area contributed by atoms with E-state index in [1.54, 1.807) is 0 Å². The lowest BCUT2D eigenvalue weighted by molar-refractivity contribution is 0.725. The van der Waals surface area contributed by atoms with Gasteiger partial charge < -0.3 is 10.6 Å². The normalized spacial score (nSPS) is 22.6. The highest BCUT2D eigenvalue weighted by molar-refractivity contribution is 6.33. The van der Waals surface area contributed by atoms with Crippen molar-refractivity contribution in [2.75, 3.05) is 25.0 Å². The molecule has 0 aliphatic heterocycles. The molecule has 1 aliphatic carbocycles. The molecule has 1 aromatic rings. The van der Waals surface area contributed by atoms with Crippen LogP contribution in [0.4, 0.5) is 5.69 Å². The summed E-state index contributed by atoms with van der Waals surface area (Å²) < 4.78 is 0. The van der Waals surface area contributed by atoms with Crippen LogP contribution in [0.1, 0.15) is 18.9 Å². The summed E-state index contributed by atoms with van der Waals surface area (Å²) in [6.45, 7) is 4.09. The van der Waals surface area contributed by atoms with Crippen LogP contribution in [0.2, 0.25) is 5.02 Å². The van der Waals surface area contributed by atoms with Crippen molar-refractivity contribution in [3.63, 3.8) is 0 Å². The van der Waals surface area contributed by atoms with E-state index in [2.05, 4.69) is 31.0 Å². The van der Waals surface area contributed by atoms with Crippen LogP contribution in [0.5, 0.6) is 0 Å². The van der Waals surface area contributed by atoms with E-state index in [0.29, 0.717) is 6.54 Å². The van der Waals surface area contributed by atoms with Crippen LogP contribution in [-0.2, 0) is 6.42 Å². The van der Waals surface area contributed by atoms with Crippen molar-refractivity contribution in [3.8, 4) is 0 Å². The first-order valence-corrected chi connectivity index (χ1v) is 6.69. The van der Waals surface area contributed by atoms with E-state index >= 15 is 0 Å². The molecular weight excluding hydrogens is 232 g/mol. The van der Waals surface area contributed by atoms with Crippen molar-refractivity contribution in [1.29, 1.82) is 0 Å². The van der Waals surface area contributed by atoms with Crippen molar-refractivity contribution in [1.82, 2.24) is 0 Å². The molecule has 0 spiro atoms. The number of nitrogens with two attached hydrogens (primary N) is 1. The third-order valence-electron chi connectivity index (χ3n) is 3.64. The van der Waals surface area contributed by atoms with Gasteiger partial charge in [-0.3, -0.25) is 0 Å². The molecule has 2 unspecified atom stereocenters. The first-order chi connectivity index (χ1) is 8.11. The minimum absolute atomic E-state index is 0.672. The van der Waals surface area contributed by atoms with Crippen molar-refractivity contribution >= 4 is 17.3 Å². The fourth-order valence-electron chi connectivity index (χ4n) is 2.29. The average molecular weight is 253 g/mol. The second-order valence-corrected chi connectivity index (χ2v) is 5.59. The van der Waals surface area contributed by atoms with Crippen molar-refractivity contribution in [2.45, 2.75) is 19.8 Å². The standard InChI is InChI=1S/C14H21ClN2/c1-10-7-12(10)9-17(2)14-4-3-11(5-6-16)8-13(14)15/h3-4,8,10,12H,5-7,9,16H2,1-2H3. The Morgan fingerprint density at radius 2 is 2.18 bits per heavy atom. The topological polar surface area (TPSA) is 29.3 Å². The first kappa shape index (κ1) is 12.7. The summed E-state index contributed by atoms with van der Waals surface area (Å²) >= 11 is 6.32. The molecule has 1 fully saturated rings. The van der Waals surface area contributed by atoms with Crippen LogP contribution in [0.15, 0.2) is 18.2 Å². The minimum Gasteiger partial charge on any atom is -0.373 e. The molecule has 2 nitrogen and oxygen atoms in total. The van der Waals surface area contributed by atoms with Gasteiger partial charge in [0, 0.05) is 13.6 Å². The van der Waals surface area contributed by atoms with Gasteiger partial charge in [0.25, 0.3) is 0 Å². The molecule has 94 valence electrons. The average Bonchev–Trinajstić information content (AvgIpc) is 2.94. The van der Waals surface area contributed by atoms with Crippen LogP contribution in [-0.4, -0.2) is 20.1 Å². The maximum absolute atomic E-state index is 6.32. The number of benzene rings is 1. The van der Waals surface area contributed by atoms with E-state index in [9.17, 15) is 0 Å². The van der Waals surface area contributed by atoms with Gasteiger partial charge in [-0.25, -0.2) is 0 Å². The van der Waals surface area contributed by atoms with Gasteiger partial charge >= 0.3 is 0 Å². The number of rotatable bonds is 5. The van der Waals surface area contributed by atoms with Crippen LogP contribution in [0, 0.1) is 11.8 Å². The predicted octanol–water partition coefficient (Wildman–Crippen LogP) is 2.93. The number of anilines is 1. The summed E-state index contributed by atoms with van der Waals surface area (Å²) in [7, 11) is 2.12. The molecule has 3 heteroatoms. The minimum atomic E-state index is 0.672. The zero-order valence-electron chi connectivity index (χ0n) is 10.6.